The highest BCUT2D eigenvalue weighted by Gasteiger charge is 2.32. The molecule has 0 fully saturated rings. The van der Waals surface area contributed by atoms with Crippen LogP contribution >= 0.6 is 43.2 Å². The van der Waals surface area contributed by atoms with E-state index >= 15 is 0 Å². The van der Waals surface area contributed by atoms with Gasteiger partial charge in [-0.15, -0.1) is 13.2 Å². The Bertz CT molecular complexity index is 588. The molecule has 1 aromatic carbocycles. The normalized spacial score (nSPS) is 11.4. The lowest BCUT2D eigenvalue weighted by molar-refractivity contribution is -0.274. The van der Waals surface area contributed by atoms with Crippen molar-refractivity contribution in [2.45, 2.75) is 6.36 Å². The number of ether oxygens (including phenoxy) is 2. The number of aromatic nitrogens is 1. The molecule has 0 bridgehead atoms. The Morgan fingerprint density at radius 2 is 1.95 bits per heavy atom. The Balaban J connectivity index is 2.14. The molecule has 0 aliphatic carbocycles. The fraction of sp³-hybridized carbons (Fsp3) is 0.100. The van der Waals surface area contributed by atoms with E-state index in [1.807, 2.05) is 0 Å². The van der Waals surface area contributed by atoms with Crippen molar-refractivity contribution in [3.8, 4) is 16.7 Å². The zero-order chi connectivity index (χ0) is 14.0. The number of thiazole rings is 1. The van der Waals surface area contributed by atoms with Gasteiger partial charge in [0.15, 0.2) is 0 Å². The van der Waals surface area contributed by atoms with Gasteiger partial charge in [-0.1, -0.05) is 11.3 Å². The molecular formula is C10H4Br2F3NO2S. The van der Waals surface area contributed by atoms with Gasteiger partial charge in [-0.25, -0.2) is 0 Å². The van der Waals surface area contributed by atoms with Crippen LogP contribution in [0.3, 0.4) is 0 Å². The van der Waals surface area contributed by atoms with E-state index in [1.165, 1.54) is 23.5 Å². The molecule has 2 rings (SSSR count). The molecule has 9 heteroatoms. The topological polar surface area (TPSA) is 31.4 Å². The molecule has 0 saturated carbocycles. The summed E-state index contributed by atoms with van der Waals surface area (Å²) < 4.78 is 46.2. The van der Waals surface area contributed by atoms with Crippen LogP contribution in [0, 0.1) is 0 Å². The quantitative estimate of drug-likeness (QED) is 0.672. The van der Waals surface area contributed by atoms with Gasteiger partial charge in [-0.3, -0.25) is 0 Å². The first-order valence-corrected chi connectivity index (χ1v) is 7.14. The summed E-state index contributed by atoms with van der Waals surface area (Å²) >= 11 is 7.41. The third kappa shape index (κ3) is 4.36. The summed E-state index contributed by atoms with van der Waals surface area (Å²) in [5.74, 6) is 0.0171. The van der Waals surface area contributed by atoms with Crippen LogP contribution in [0.2, 0.25) is 0 Å². The maximum Gasteiger partial charge on any atom is 0.573 e. The van der Waals surface area contributed by atoms with Crippen LogP contribution in [0.1, 0.15) is 0 Å². The lowest BCUT2D eigenvalue weighted by Crippen LogP contribution is -2.17. The molecule has 2 aromatic rings. The summed E-state index contributed by atoms with van der Waals surface area (Å²) in [5, 5.41) is 2.11. The third-order valence-electron chi connectivity index (χ3n) is 1.79. The number of hydrogen-bond acceptors (Lipinski definition) is 4. The monoisotopic (exact) mass is 417 g/mol. The van der Waals surface area contributed by atoms with Crippen molar-refractivity contribution in [3.05, 3.63) is 32.7 Å². The van der Waals surface area contributed by atoms with Crippen molar-refractivity contribution in [3.63, 3.8) is 0 Å². The van der Waals surface area contributed by atoms with Crippen LogP contribution in [0.5, 0.6) is 16.7 Å². The third-order valence-corrected chi connectivity index (χ3v) is 3.84. The highest BCUT2D eigenvalue weighted by molar-refractivity contribution is 9.10. The standard InChI is InChI=1S/C10H4Br2F3NO2S/c11-6-3-5(17-9-16-8(12)4-19-9)1-2-7(6)18-10(13,14)15/h1-4H. The lowest BCUT2D eigenvalue weighted by Gasteiger charge is -2.11. The first-order valence-electron chi connectivity index (χ1n) is 4.68. The molecule has 3 nitrogen and oxygen atoms in total. The molecule has 102 valence electrons. The first kappa shape index (κ1) is 14.6. The van der Waals surface area contributed by atoms with Crippen LogP contribution in [-0.2, 0) is 0 Å². The van der Waals surface area contributed by atoms with E-state index in [0.29, 0.717) is 15.5 Å². The molecule has 0 spiro atoms. The second-order valence-electron chi connectivity index (χ2n) is 3.18. The molecular weight excluding hydrogens is 415 g/mol. The van der Waals surface area contributed by atoms with Crippen LogP contribution in [0.15, 0.2) is 32.7 Å². The molecule has 0 amide bonds. The minimum absolute atomic E-state index is 0.137. The van der Waals surface area contributed by atoms with Gasteiger partial charge in [-0.2, -0.15) is 4.98 Å². The molecule has 0 radical (unpaired) electrons. The van der Waals surface area contributed by atoms with Gasteiger partial charge in [-0.05, 0) is 50.1 Å². The van der Waals surface area contributed by atoms with Crippen molar-refractivity contribution in [1.82, 2.24) is 4.98 Å². The molecule has 0 N–H and O–H groups in total. The van der Waals surface area contributed by atoms with E-state index in [9.17, 15) is 13.2 Å². The summed E-state index contributed by atoms with van der Waals surface area (Å²) in [6.45, 7) is 0. The molecule has 0 unspecified atom stereocenters. The van der Waals surface area contributed by atoms with Crippen LogP contribution in [-0.4, -0.2) is 11.3 Å². The van der Waals surface area contributed by atoms with E-state index in [-0.39, 0.29) is 10.2 Å². The number of alkyl halides is 3. The Hall–Kier alpha value is -0.800. The van der Waals surface area contributed by atoms with E-state index in [1.54, 1.807) is 5.38 Å². The minimum atomic E-state index is -4.73. The zero-order valence-corrected chi connectivity index (χ0v) is 12.9. The summed E-state index contributed by atoms with van der Waals surface area (Å²) in [6, 6.07) is 3.90. The molecule has 0 aliphatic heterocycles. The van der Waals surface area contributed by atoms with Gasteiger partial charge in [0.2, 0.25) is 0 Å². The predicted molar refractivity (Wildman–Crippen MR) is 70.7 cm³/mol. The second-order valence-corrected chi connectivity index (χ2v) is 5.67. The van der Waals surface area contributed by atoms with E-state index in [4.69, 9.17) is 4.74 Å². The number of nitrogens with zero attached hydrogens (tertiary/aromatic N) is 1. The molecule has 19 heavy (non-hydrogen) atoms. The van der Waals surface area contributed by atoms with E-state index in [2.05, 4.69) is 41.6 Å². The smallest absolute Gasteiger partial charge is 0.431 e. The molecule has 0 aliphatic rings. The second kappa shape index (κ2) is 5.68. The zero-order valence-electron chi connectivity index (χ0n) is 8.87. The van der Waals surface area contributed by atoms with Gasteiger partial charge >= 0.3 is 6.36 Å². The van der Waals surface area contributed by atoms with E-state index in [0.717, 1.165) is 6.07 Å². The highest BCUT2D eigenvalue weighted by atomic mass is 79.9. The fourth-order valence-corrected chi connectivity index (χ4v) is 2.68. The first-order chi connectivity index (χ1) is 8.83. The van der Waals surface area contributed by atoms with Gasteiger partial charge in [0.25, 0.3) is 5.19 Å². The highest BCUT2D eigenvalue weighted by Crippen LogP contribution is 2.35. The summed E-state index contributed by atoms with van der Waals surface area (Å²) in [6.07, 6.45) is -4.73. The van der Waals surface area contributed by atoms with Gasteiger partial charge < -0.3 is 9.47 Å². The van der Waals surface area contributed by atoms with Crippen molar-refractivity contribution in [1.29, 1.82) is 0 Å². The number of halogens is 5. The lowest BCUT2D eigenvalue weighted by atomic mass is 10.3. The average molecular weight is 419 g/mol. The Kier molecular flexibility index (Phi) is 4.36. The SMILES string of the molecule is FC(F)(F)Oc1ccc(Oc2nc(Br)cs2)cc1Br. The van der Waals surface area contributed by atoms with E-state index < -0.39 is 6.36 Å². The summed E-state index contributed by atoms with van der Waals surface area (Å²) in [4.78, 5) is 4.00. The Morgan fingerprint density at radius 3 is 2.47 bits per heavy atom. The summed E-state index contributed by atoms with van der Waals surface area (Å²) in [7, 11) is 0. The van der Waals surface area contributed by atoms with Crippen molar-refractivity contribution in [2.24, 2.45) is 0 Å². The van der Waals surface area contributed by atoms with Crippen LogP contribution < -0.4 is 9.47 Å². The average Bonchev–Trinajstić information content (AvgIpc) is 2.66. The molecule has 1 aromatic heterocycles. The van der Waals surface area contributed by atoms with Crippen molar-refractivity contribution >= 4 is 43.2 Å². The fourth-order valence-electron chi connectivity index (χ4n) is 1.14. The maximum absolute atomic E-state index is 12.1. The Morgan fingerprint density at radius 1 is 1.21 bits per heavy atom. The number of benzene rings is 1. The van der Waals surface area contributed by atoms with Gasteiger partial charge in [0.1, 0.15) is 16.1 Å². The largest absolute Gasteiger partial charge is 0.573 e. The van der Waals surface area contributed by atoms with Crippen LogP contribution in [0.25, 0.3) is 0 Å². The van der Waals surface area contributed by atoms with Crippen molar-refractivity contribution < 1.29 is 22.6 Å². The van der Waals surface area contributed by atoms with Crippen molar-refractivity contribution in [2.75, 3.05) is 0 Å². The number of hydrogen-bond donors (Lipinski definition) is 0. The summed E-state index contributed by atoms with van der Waals surface area (Å²) in [5.41, 5.74) is 0. The minimum Gasteiger partial charge on any atom is -0.431 e. The predicted octanol–water partition coefficient (Wildman–Crippen LogP) is 5.36. The maximum atomic E-state index is 12.1. The molecule has 1 heterocycles. The number of rotatable bonds is 3. The molecule has 0 saturated heterocycles. The van der Waals surface area contributed by atoms with Gasteiger partial charge in [0, 0.05) is 5.38 Å². The van der Waals surface area contributed by atoms with Crippen LogP contribution in [0.4, 0.5) is 13.2 Å². The van der Waals surface area contributed by atoms with Gasteiger partial charge in [0.05, 0.1) is 4.47 Å². The molecule has 0 atom stereocenters. The Labute approximate surface area is 126 Å².